The minimum atomic E-state index is -0.155. The number of anilines is 1. The molecule has 0 aliphatic rings. The Kier molecular flexibility index (Phi) is 5.74. The molecule has 2 aromatic heterocycles. The molecule has 4 aromatic rings. The number of nitrogens with zero attached hydrogens (tertiary/aromatic N) is 5. The van der Waals surface area contributed by atoms with E-state index in [0.29, 0.717) is 16.8 Å². The summed E-state index contributed by atoms with van der Waals surface area (Å²) in [5.74, 6) is 0.829. The Hall–Kier alpha value is -3.04. The van der Waals surface area contributed by atoms with Gasteiger partial charge < -0.3 is 0 Å². The molecule has 140 valence electrons. The van der Waals surface area contributed by atoms with E-state index in [1.165, 1.54) is 23.1 Å². The van der Waals surface area contributed by atoms with Crippen molar-refractivity contribution in [3.63, 3.8) is 0 Å². The lowest BCUT2D eigenvalue weighted by atomic mass is 10.2. The molecule has 2 aromatic carbocycles. The molecule has 0 saturated heterocycles. The number of carbonyl (C=O) groups excluding carboxylic acids is 1. The van der Waals surface area contributed by atoms with Gasteiger partial charge in [-0.05, 0) is 5.56 Å². The van der Waals surface area contributed by atoms with Crippen LogP contribution in [0.4, 0.5) is 5.13 Å². The molecule has 0 saturated carbocycles. The van der Waals surface area contributed by atoms with E-state index in [2.05, 4.69) is 37.8 Å². The fourth-order valence-corrected chi connectivity index (χ4v) is 3.82. The van der Waals surface area contributed by atoms with Gasteiger partial charge in [0, 0.05) is 5.56 Å². The Morgan fingerprint density at radius 1 is 1.00 bits per heavy atom. The van der Waals surface area contributed by atoms with Crippen LogP contribution in [0.5, 0.6) is 0 Å². The van der Waals surface area contributed by atoms with Gasteiger partial charge in [0.1, 0.15) is 5.51 Å². The van der Waals surface area contributed by atoms with Gasteiger partial charge in [-0.3, -0.25) is 14.7 Å². The summed E-state index contributed by atoms with van der Waals surface area (Å²) in [5.41, 5.74) is 3.70. The second-order valence-electron chi connectivity index (χ2n) is 5.82. The highest BCUT2D eigenvalue weighted by molar-refractivity contribution is 7.99. The van der Waals surface area contributed by atoms with Crippen molar-refractivity contribution < 1.29 is 4.79 Å². The monoisotopic (exact) mass is 408 g/mol. The molecule has 9 heteroatoms. The lowest BCUT2D eigenvalue weighted by molar-refractivity contribution is -0.113. The van der Waals surface area contributed by atoms with E-state index < -0.39 is 0 Å². The average molecular weight is 409 g/mol. The first-order valence-electron chi connectivity index (χ1n) is 8.51. The molecule has 28 heavy (non-hydrogen) atoms. The highest BCUT2D eigenvalue weighted by Gasteiger charge is 2.16. The fourth-order valence-electron chi connectivity index (χ4n) is 2.62. The molecule has 0 fully saturated rings. The molecule has 7 nitrogen and oxygen atoms in total. The third kappa shape index (κ3) is 4.44. The smallest absolute Gasteiger partial charge is 0.236 e. The van der Waals surface area contributed by atoms with Crippen molar-refractivity contribution in [2.24, 2.45) is 0 Å². The van der Waals surface area contributed by atoms with Crippen molar-refractivity contribution in [3.8, 4) is 11.4 Å². The number of nitrogens with one attached hydrogen (secondary N) is 1. The minimum absolute atomic E-state index is 0.155. The SMILES string of the molecule is O=C(CSc1nnc(-c2ccccc2)n1Cc1ccccc1)Nc1nncs1. The van der Waals surface area contributed by atoms with Crippen LogP contribution in [0.25, 0.3) is 11.4 Å². The number of thioether (sulfide) groups is 1. The molecule has 0 radical (unpaired) electrons. The molecule has 0 aliphatic carbocycles. The van der Waals surface area contributed by atoms with Gasteiger partial charge in [-0.15, -0.1) is 20.4 Å². The number of aromatic nitrogens is 5. The van der Waals surface area contributed by atoms with Crippen molar-refractivity contribution in [3.05, 3.63) is 71.7 Å². The number of benzene rings is 2. The molecular formula is C19H16N6OS2. The highest BCUT2D eigenvalue weighted by atomic mass is 32.2. The quantitative estimate of drug-likeness (QED) is 0.471. The van der Waals surface area contributed by atoms with Crippen molar-refractivity contribution in [2.45, 2.75) is 11.7 Å². The van der Waals surface area contributed by atoms with E-state index in [-0.39, 0.29) is 11.7 Å². The van der Waals surface area contributed by atoms with E-state index in [1.807, 2.05) is 53.1 Å². The number of hydrogen-bond donors (Lipinski definition) is 1. The van der Waals surface area contributed by atoms with E-state index in [0.717, 1.165) is 17.0 Å². The number of hydrogen-bond acceptors (Lipinski definition) is 7. The number of carbonyl (C=O) groups is 1. The van der Waals surface area contributed by atoms with Gasteiger partial charge in [-0.25, -0.2) is 0 Å². The molecule has 0 atom stereocenters. The topological polar surface area (TPSA) is 85.6 Å². The van der Waals surface area contributed by atoms with Crippen LogP contribution in [0.1, 0.15) is 5.56 Å². The first-order valence-corrected chi connectivity index (χ1v) is 10.4. The lowest BCUT2D eigenvalue weighted by Crippen LogP contribution is -2.14. The Morgan fingerprint density at radius 3 is 2.46 bits per heavy atom. The summed E-state index contributed by atoms with van der Waals surface area (Å²) in [6.45, 7) is 0.623. The normalized spacial score (nSPS) is 10.7. The summed E-state index contributed by atoms with van der Waals surface area (Å²) in [4.78, 5) is 12.2. The van der Waals surface area contributed by atoms with Crippen molar-refractivity contribution in [1.82, 2.24) is 25.0 Å². The maximum atomic E-state index is 12.2. The van der Waals surface area contributed by atoms with E-state index in [9.17, 15) is 4.79 Å². The second kappa shape index (κ2) is 8.77. The predicted octanol–water partition coefficient (Wildman–Crippen LogP) is 3.58. The average Bonchev–Trinajstić information content (AvgIpc) is 3.38. The van der Waals surface area contributed by atoms with Gasteiger partial charge >= 0.3 is 0 Å². The molecule has 0 bridgehead atoms. The molecule has 0 unspecified atom stereocenters. The van der Waals surface area contributed by atoms with Gasteiger partial charge in [-0.1, -0.05) is 83.8 Å². The van der Waals surface area contributed by atoms with Crippen LogP contribution in [-0.2, 0) is 11.3 Å². The summed E-state index contributed by atoms with van der Waals surface area (Å²) < 4.78 is 2.04. The first kappa shape index (κ1) is 18.3. The molecular weight excluding hydrogens is 392 g/mol. The van der Waals surface area contributed by atoms with Gasteiger partial charge in [0.2, 0.25) is 11.0 Å². The largest absolute Gasteiger partial charge is 0.300 e. The number of amides is 1. The zero-order valence-electron chi connectivity index (χ0n) is 14.7. The zero-order chi connectivity index (χ0) is 19.2. The summed E-state index contributed by atoms with van der Waals surface area (Å²) >= 11 is 2.63. The van der Waals surface area contributed by atoms with Gasteiger partial charge in [0.15, 0.2) is 11.0 Å². The van der Waals surface area contributed by atoms with Crippen molar-refractivity contribution in [2.75, 3.05) is 11.1 Å². The fraction of sp³-hybridized carbons (Fsp3) is 0.105. The second-order valence-corrected chi connectivity index (χ2v) is 7.60. The zero-order valence-corrected chi connectivity index (χ0v) is 16.4. The standard InChI is InChI=1S/C19H16N6OS2/c26-16(21-18-23-20-13-28-18)12-27-19-24-22-17(15-9-5-2-6-10-15)25(19)11-14-7-3-1-4-8-14/h1-10,13H,11-12H2,(H,21,23,26). The maximum absolute atomic E-state index is 12.2. The number of rotatable bonds is 7. The Bertz CT molecular complexity index is 1040. The summed E-state index contributed by atoms with van der Waals surface area (Å²) in [6.07, 6.45) is 0. The third-order valence-electron chi connectivity index (χ3n) is 3.87. The molecule has 1 amide bonds. The van der Waals surface area contributed by atoms with E-state index in [1.54, 1.807) is 5.51 Å². The molecule has 0 aliphatic heterocycles. The van der Waals surface area contributed by atoms with Crippen LogP contribution in [0.2, 0.25) is 0 Å². The van der Waals surface area contributed by atoms with Gasteiger partial charge in [-0.2, -0.15) is 0 Å². The molecule has 0 spiro atoms. The highest BCUT2D eigenvalue weighted by Crippen LogP contribution is 2.25. The Labute approximate surface area is 169 Å². The van der Waals surface area contributed by atoms with Gasteiger partial charge in [0.05, 0.1) is 12.3 Å². The van der Waals surface area contributed by atoms with Crippen LogP contribution in [0, 0.1) is 0 Å². The van der Waals surface area contributed by atoms with Crippen LogP contribution < -0.4 is 5.32 Å². The van der Waals surface area contributed by atoms with E-state index in [4.69, 9.17) is 0 Å². The summed E-state index contributed by atoms with van der Waals surface area (Å²) in [7, 11) is 0. The molecule has 4 rings (SSSR count). The minimum Gasteiger partial charge on any atom is -0.300 e. The predicted molar refractivity (Wildman–Crippen MR) is 110 cm³/mol. The van der Waals surface area contributed by atoms with Crippen molar-refractivity contribution >= 4 is 34.1 Å². The molecule has 2 heterocycles. The van der Waals surface area contributed by atoms with Crippen LogP contribution in [0.3, 0.4) is 0 Å². The van der Waals surface area contributed by atoms with Crippen LogP contribution in [-0.4, -0.2) is 36.6 Å². The first-order chi connectivity index (χ1) is 13.8. The maximum Gasteiger partial charge on any atom is 0.236 e. The third-order valence-corrected chi connectivity index (χ3v) is 5.44. The van der Waals surface area contributed by atoms with Crippen LogP contribution in [0.15, 0.2) is 71.3 Å². The van der Waals surface area contributed by atoms with E-state index >= 15 is 0 Å². The lowest BCUT2D eigenvalue weighted by Gasteiger charge is -2.10. The molecule has 1 N–H and O–H groups in total. The summed E-state index contributed by atoms with van der Waals surface area (Å²) in [6, 6.07) is 20.0. The van der Waals surface area contributed by atoms with Gasteiger partial charge in [0.25, 0.3) is 0 Å². The summed E-state index contributed by atoms with van der Waals surface area (Å²) in [5, 5.41) is 20.1. The van der Waals surface area contributed by atoms with Crippen LogP contribution >= 0.6 is 23.1 Å². The Morgan fingerprint density at radius 2 is 1.75 bits per heavy atom. The Balaban J connectivity index is 1.56. The van der Waals surface area contributed by atoms with Crippen molar-refractivity contribution in [1.29, 1.82) is 0 Å².